The number of aliphatic hydroxyl groups is 1. The first kappa shape index (κ1) is 12.2. The number of aliphatic hydroxyl groups excluding tert-OH is 1. The van der Waals surface area contributed by atoms with Gasteiger partial charge in [-0.05, 0) is 44.4 Å². The quantitative estimate of drug-likeness (QED) is 0.763. The summed E-state index contributed by atoms with van der Waals surface area (Å²) in [6.07, 6.45) is 0.681. The lowest BCUT2D eigenvalue weighted by molar-refractivity contribution is 0.300. The molecule has 0 spiro atoms. The van der Waals surface area contributed by atoms with Gasteiger partial charge in [-0.2, -0.15) is 0 Å². The van der Waals surface area contributed by atoms with E-state index >= 15 is 0 Å². The molecule has 0 radical (unpaired) electrons. The van der Waals surface area contributed by atoms with Gasteiger partial charge in [-0.15, -0.1) is 0 Å². The number of fused-ring (bicyclic) bond motifs is 3. The Labute approximate surface area is 112 Å². The summed E-state index contributed by atoms with van der Waals surface area (Å²) < 4.78 is 2.21. The van der Waals surface area contributed by atoms with E-state index in [1.165, 1.54) is 27.5 Å². The van der Waals surface area contributed by atoms with Crippen molar-refractivity contribution in [3.8, 4) is 0 Å². The maximum absolute atomic E-state index is 9.36. The Morgan fingerprint density at radius 2 is 1.89 bits per heavy atom. The highest BCUT2D eigenvalue weighted by Gasteiger charge is 2.16. The molecular formula is C16H18N2O. The van der Waals surface area contributed by atoms with Crippen LogP contribution in [0.1, 0.15) is 22.6 Å². The highest BCUT2D eigenvalue weighted by atomic mass is 16.2. The van der Waals surface area contributed by atoms with Gasteiger partial charge in [0.1, 0.15) is 5.82 Å². The zero-order valence-corrected chi connectivity index (χ0v) is 11.6. The van der Waals surface area contributed by atoms with Crippen LogP contribution >= 0.6 is 0 Å². The lowest BCUT2D eigenvalue weighted by atomic mass is 10.1. The van der Waals surface area contributed by atoms with Crippen molar-refractivity contribution >= 4 is 16.4 Å². The average Bonchev–Trinajstić information content (AvgIpc) is 2.72. The number of aromatic nitrogens is 2. The minimum absolute atomic E-state index is 0.170. The minimum Gasteiger partial charge on any atom is -0.396 e. The van der Waals surface area contributed by atoms with Crippen LogP contribution in [0.2, 0.25) is 0 Å². The third kappa shape index (κ3) is 1.65. The van der Waals surface area contributed by atoms with E-state index in [1.807, 2.05) is 26.0 Å². The first-order chi connectivity index (χ1) is 9.15. The van der Waals surface area contributed by atoms with E-state index in [-0.39, 0.29) is 6.61 Å². The highest BCUT2D eigenvalue weighted by molar-refractivity contribution is 5.93. The summed E-state index contributed by atoms with van der Waals surface area (Å²) in [4.78, 5) is 4.63. The second kappa shape index (κ2) is 4.35. The summed E-state index contributed by atoms with van der Waals surface area (Å²) in [5, 5.41) is 10.6. The molecule has 3 nitrogen and oxygen atoms in total. The molecule has 0 bridgehead atoms. The maximum Gasteiger partial charge on any atom is 0.110 e. The van der Waals surface area contributed by atoms with Crippen molar-refractivity contribution in [3.05, 3.63) is 46.9 Å². The Morgan fingerprint density at radius 3 is 2.63 bits per heavy atom. The number of benzene rings is 1. The molecule has 98 valence electrons. The Hall–Kier alpha value is -1.87. The van der Waals surface area contributed by atoms with Gasteiger partial charge in [-0.25, -0.2) is 4.98 Å². The van der Waals surface area contributed by atoms with Gasteiger partial charge in [0.05, 0.1) is 11.0 Å². The standard InChI is InChI=1S/C16H18N2O/c1-10-11(2)17-12(3)18-15-7-5-4-6-13(15)14(8-9-19)16(10)18/h4-7,19H,8-9H2,1-3H3. The van der Waals surface area contributed by atoms with E-state index in [9.17, 15) is 5.11 Å². The molecule has 0 saturated heterocycles. The van der Waals surface area contributed by atoms with Crippen LogP contribution in [0.5, 0.6) is 0 Å². The summed E-state index contributed by atoms with van der Waals surface area (Å²) in [6.45, 7) is 6.36. The van der Waals surface area contributed by atoms with Crippen LogP contribution < -0.4 is 0 Å². The number of aryl methyl sites for hydroxylation is 3. The SMILES string of the molecule is Cc1nc(C)n2c(c1C)c(CCO)c1ccccc12. The van der Waals surface area contributed by atoms with Crippen LogP contribution in [-0.2, 0) is 6.42 Å². The lowest BCUT2D eigenvalue weighted by Crippen LogP contribution is -2.02. The average molecular weight is 254 g/mol. The van der Waals surface area contributed by atoms with Crippen LogP contribution in [0.25, 0.3) is 16.4 Å². The van der Waals surface area contributed by atoms with E-state index in [0.29, 0.717) is 6.42 Å². The minimum atomic E-state index is 0.170. The van der Waals surface area contributed by atoms with Crippen LogP contribution in [0, 0.1) is 20.8 Å². The van der Waals surface area contributed by atoms with E-state index in [4.69, 9.17) is 0 Å². The number of para-hydroxylation sites is 1. The summed E-state index contributed by atoms with van der Waals surface area (Å²) >= 11 is 0. The molecule has 0 aliphatic heterocycles. The third-order valence-electron chi connectivity index (χ3n) is 3.89. The molecule has 3 rings (SSSR count). The summed E-state index contributed by atoms with van der Waals surface area (Å²) in [5.41, 5.74) is 5.87. The van der Waals surface area contributed by atoms with E-state index in [2.05, 4.69) is 28.4 Å². The summed E-state index contributed by atoms with van der Waals surface area (Å²) in [5.74, 6) is 0.999. The molecule has 0 aliphatic carbocycles. The van der Waals surface area contributed by atoms with Crippen molar-refractivity contribution in [2.45, 2.75) is 27.2 Å². The topological polar surface area (TPSA) is 37.5 Å². The molecule has 19 heavy (non-hydrogen) atoms. The lowest BCUT2D eigenvalue weighted by Gasteiger charge is -2.09. The molecule has 3 aromatic rings. The van der Waals surface area contributed by atoms with E-state index in [1.54, 1.807) is 0 Å². The summed E-state index contributed by atoms with van der Waals surface area (Å²) in [7, 11) is 0. The molecule has 3 heteroatoms. The fourth-order valence-corrected chi connectivity index (χ4v) is 2.95. The molecule has 1 aromatic carbocycles. The van der Waals surface area contributed by atoms with Gasteiger partial charge in [0.25, 0.3) is 0 Å². The van der Waals surface area contributed by atoms with Crippen LogP contribution in [0.15, 0.2) is 24.3 Å². The highest BCUT2D eigenvalue weighted by Crippen LogP contribution is 2.30. The maximum atomic E-state index is 9.36. The Bertz CT molecular complexity index is 771. The Kier molecular flexibility index (Phi) is 2.79. The van der Waals surface area contributed by atoms with Gasteiger partial charge >= 0.3 is 0 Å². The third-order valence-corrected chi connectivity index (χ3v) is 3.89. The van der Waals surface area contributed by atoms with Gasteiger partial charge in [0, 0.05) is 17.7 Å². The number of rotatable bonds is 2. The molecule has 1 N–H and O–H groups in total. The van der Waals surface area contributed by atoms with Crippen molar-refractivity contribution in [1.29, 1.82) is 0 Å². The summed E-state index contributed by atoms with van der Waals surface area (Å²) in [6, 6.07) is 8.34. The first-order valence-corrected chi connectivity index (χ1v) is 6.62. The van der Waals surface area contributed by atoms with Crippen LogP contribution in [-0.4, -0.2) is 21.1 Å². The van der Waals surface area contributed by atoms with Crippen molar-refractivity contribution < 1.29 is 5.11 Å². The smallest absolute Gasteiger partial charge is 0.110 e. The van der Waals surface area contributed by atoms with Gasteiger partial charge in [-0.1, -0.05) is 18.2 Å². The molecule has 0 saturated carbocycles. The largest absolute Gasteiger partial charge is 0.396 e. The zero-order chi connectivity index (χ0) is 13.6. The number of hydrogen-bond acceptors (Lipinski definition) is 2. The van der Waals surface area contributed by atoms with Crippen molar-refractivity contribution in [1.82, 2.24) is 9.38 Å². The van der Waals surface area contributed by atoms with Gasteiger partial charge in [0.15, 0.2) is 0 Å². The van der Waals surface area contributed by atoms with Crippen LogP contribution in [0.4, 0.5) is 0 Å². The molecule has 2 heterocycles. The predicted molar refractivity (Wildman–Crippen MR) is 77.7 cm³/mol. The van der Waals surface area contributed by atoms with Crippen molar-refractivity contribution in [3.63, 3.8) is 0 Å². The molecular weight excluding hydrogens is 236 g/mol. The normalized spacial score (nSPS) is 11.6. The molecule has 0 aliphatic rings. The van der Waals surface area contributed by atoms with Crippen molar-refractivity contribution in [2.24, 2.45) is 0 Å². The number of hydrogen-bond donors (Lipinski definition) is 1. The second-order valence-corrected chi connectivity index (χ2v) is 5.02. The molecule has 0 fully saturated rings. The fraction of sp³-hybridized carbons (Fsp3) is 0.312. The molecule has 2 aromatic heterocycles. The van der Waals surface area contributed by atoms with Gasteiger partial charge < -0.3 is 5.11 Å². The molecule has 0 amide bonds. The van der Waals surface area contributed by atoms with E-state index < -0.39 is 0 Å². The monoisotopic (exact) mass is 254 g/mol. The molecule has 0 unspecified atom stereocenters. The molecule has 0 atom stereocenters. The van der Waals surface area contributed by atoms with Crippen molar-refractivity contribution in [2.75, 3.05) is 6.61 Å². The predicted octanol–water partition coefficient (Wildman–Crippen LogP) is 2.95. The Morgan fingerprint density at radius 1 is 1.16 bits per heavy atom. The first-order valence-electron chi connectivity index (χ1n) is 6.62. The second-order valence-electron chi connectivity index (χ2n) is 5.02. The van der Waals surface area contributed by atoms with E-state index in [0.717, 1.165) is 11.5 Å². The van der Waals surface area contributed by atoms with Gasteiger partial charge in [0.2, 0.25) is 0 Å². The fourth-order valence-electron chi connectivity index (χ4n) is 2.95. The number of nitrogens with zero attached hydrogens (tertiary/aromatic N) is 2. The zero-order valence-electron chi connectivity index (χ0n) is 11.6. The van der Waals surface area contributed by atoms with Gasteiger partial charge in [-0.3, -0.25) is 4.40 Å². The Balaban J connectivity index is 2.60. The van der Waals surface area contributed by atoms with Crippen LogP contribution in [0.3, 0.4) is 0 Å².